The van der Waals surface area contributed by atoms with Crippen LogP contribution in [0.4, 0.5) is 21.9 Å². The molecule has 0 saturated carbocycles. The van der Waals surface area contributed by atoms with Crippen LogP contribution < -0.4 is 20.9 Å². The van der Waals surface area contributed by atoms with Gasteiger partial charge in [0.05, 0.1) is 5.56 Å². The Morgan fingerprint density at radius 1 is 0.935 bits per heavy atom. The first kappa shape index (κ1) is 22.7. The number of amides is 3. The van der Waals surface area contributed by atoms with E-state index in [4.69, 9.17) is 0 Å². The van der Waals surface area contributed by atoms with Gasteiger partial charge in [0, 0.05) is 36.2 Å². The lowest BCUT2D eigenvalue weighted by Crippen LogP contribution is -2.35. The predicted octanol–water partition coefficient (Wildman–Crippen LogP) is 5.41. The number of nitrogens with one attached hydrogen (secondary N) is 3. The van der Waals surface area contributed by atoms with E-state index in [-0.39, 0.29) is 18.0 Å². The van der Waals surface area contributed by atoms with Crippen LogP contribution in [0.5, 0.6) is 0 Å². The van der Waals surface area contributed by atoms with E-state index in [1.54, 1.807) is 6.07 Å². The van der Waals surface area contributed by atoms with E-state index in [2.05, 4.69) is 27.8 Å². The van der Waals surface area contributed by atoms with Gasteiger partial charge in [-0.1, -0.05) is 26.0 Å². The number of rotatable bonds is 7. The second-order valence-corrected chi connectivity index (χ2v) is 8.19. The maximum Gasteiger partial charge on any atom is 0.323 e. The summed E-state index contributed by atoms with van der Waals surface area (Å²) in [5.74, 6) is -0.103. The Hall–Kier alpha value is -3.02. The van der Waals surface area contributed by atoms with Crippen molar-refractivity contribution in [2.75, 3.05) is 28.6 Å². The Bertz CT molecular complexity index is 889. The molecule has 3 N–H and O–H groups in total. The van der Waals surface area contributed by atoms with Gasteiger partial charge in [0.15, 0.2) is 0 Å². The predicted molar refractivity (Wildman–Crippen MR) is 128 cm³/mol. The molecule has 1 saturated heterocycles. The Morgan fingerprint density at radius 3 is 2.23 bits per heavy atom. The summed E-state index contributed by atoms with van der Waals surface area (Å²) in [6, 6.07) is 13.1. The highest BCUT2D eigenvalue weighted by molar-refractivity contribution is 6.04. The van der Waals surface area contributed by atoms with Gasteiger partial charge in [-0.25, -0.2) is 4.79 Å². The molecule has 6 nitrogen and oxygen atoms in total. The van der Waals surface area contributed by atoms with E-state index in [1.807, 2.05) is 50.2 Å². The highest BCUT2D eigenvalue weighted by atomic mass is 16.2. The Balaban J connectivity index is 1.77. The van der Waals surface area contributed by atoms with E-state index in [0.29, 0.717) is 11.3 Å². The summed E-state index contributed by atoms with van der Waals surface area (Å²) in [5.41, 5.74) is 4.08. The van der Waals surface area contributed by atoms with Crippen LogP contribution >= 0.6 is 0 Å². The molecule has 0 aromatic heterocycles. The maximum atomic E-state index is 13.0. The molecule has 1 heterocycles. The third-order valence-electron chi connectivity index (χ3n) is 5.81. The minimum absolute atomic E-state index is 0.0905. The quantitative estimate of drug-likeness (QED) is 0.558. The first-order chi connectivity index (χ1) is 15.0. The molecule has 166 valence electrons. The van der Waals surface area contributed by atoms with Gasteiger partial charge < -0.3 is 20.9 Å². The van der Waals surface area contributed by atoms with Crippen LogP contribution in [0, 0.1) is 0 Å². The van der Waals surface area contributed by atoms with Crippen molar-refractivity contribution in [1.29, 1.82) is 0 Å². The third kappa shape index (κ3) is 6.23. The molecule has 31 heavy (non-hydrogen) atoms. The number of urea groups is 1. The van der Waals surface area contributed by atoms with Crippen LogP contribution in [0.15, 0.2) is 42.5 Å². The van der Waals surface area contributed by atoms with Crippen molar-refractivity contribution in [2.24, 2.45) is 0 Å². The van der Waals surface area contributed by atoms with Crippen LogP contribution in [0.3, 0.4) is 0 Å². The van der Waals surface area contributed by atoms with E-state index in [9.17, 15) is 9.59 Å². The minimum Gasteiger partial charge on any atom is -0.371 e. The molecule has 1 fully saturated rings. The normalized spacial score (nSPS) is 14.6. The molecule has 0 aliphatic carbocycles. The number of carbonyl (C=O) groups excluding carboxylic acids is 2. The number of hydrogen-bond acceptors (Lipinski definition) is 3. The van der Waals surface area contributed by atoms with Gasteiger partial charge in [-0.2, -0.15) is 0 Å². The Kier molecular flexibility index (Phi) is 7.93. The van der Waals surface area contributed by atoms with Crippen LogP contribution in [-0.2, 0) is 6.42 Å². The molecule has 2 aromatic rings. The average molecular weight is 423 g/mol. The monoisotopic (exact) mass is 422 g/mol. The number of benzene rings is 2. The first-order valence-electron chi connectivity index (χ1n) is 11.4. The fraction of sp³-hybridized carbons (Fsp3) is 0.440. The van der Waals surface area contributed by atoms with E-state index in [0.717, 1.165) is 50.1 Å². The molecule has 2 aromatic carbocycles. The van der Waals surface area contributed by atoms with E-state index in [1.165, 1.54) is 12.0 Å². The Labute approximate surface area is 185 Å². The van der Waals surface area contributed by atoms with Crippen LogP contribution in [0.25, 0.3) is 0 Å². The van der Waals surface area contributed by atoms with Gasteiger partial charge >= 0.3 is 6.03 Å². The van der Waals surface area contributed by atoms with Crippen molar-refractivity contribution in [3.8, 4) is 0 Å². The molecule has 0 spiro atoms. The third-order valence-corrected chi connectivity index (χ3v) is 5.81. The number of carbonyl (C=O) groups is 2. The smallest absolute Gasteiger partial charge is 0.323 e. The molecule has 1 unspecified atom stereocenters. The summed E-state index contributed by atoms with van der Waals surface area (Å²) in [4.78, 5) is 27.8. The van der Waals surface area contributed by atoms with Crippen molar-refractivity contribution >= 4 is 29.0 Å². The number of nitrogens with zero attached hydrogens (tertiary/aromatic N) is 1. The molecular formula is C25H34N4O2. The zero-order valence-electron chi connectivity index (χ0n) is 18.8. The molecule has 3 rings (SSSR count). The fourth-order valence-corrected chi connectivity index (χ4v) is 3.73. The van der Waals surface area contributed by atoms with Crippen molar-refractivity contribution < 1.29 is 9.59 Å². The van der Waals surface area contributed by atoms with Crippen molar-refractivity contribution in [2.45, 2.75) is 58.9 Å². The maximum absolute atomic E-state index is 13.0. The summed E-state index contributed by atoms with van der Waals surface area (Å²) in [6.07, 6.45) is 5.31. The van der Waals surface area contributed by atoms with Gasteiger partial charge in [0.2, 0.25) is 0 Å². The highest BCUT2D eigenvalue weighted by Gasteiger charge is 2.20. The fourth-order valence-electron chi connectivity index (χ4n) is 3.73. The van der Waals surface area contributed by atoms with Gasteiger partial charge in [-0.3, -0.25) is 4.79 Å². The zero-order chi connectivity index (χ0) is 22.2. The van der Waals surface area contributed by atoms with Gasteiger partial charge in [0.25, 0.3) is 5.91 Å². The lowest BCUT2D eigenvalue weighted by molar-refractivity contribution is 0.0939. The van der Waals surface area contributed by atoms with Crippen LogP contribution in [0.1, 0.15) is 62.4 Å². The average Bonchev–Trinajstić information content (AvgIpc) is 2.80. The first-order valence-corrected chi connectivity index (χ1v) is 11.4. The zero-order valence-corrected chi connectivity index (χ0v) is 18.8. The topological polar surface area (TPSA) is 73.5 Å². The summed E-state index contributed by atoms with van der Waals surface area (Å²) in [7, 11) is 0. The number of hydrogen-bond donors (Lipinski definition) is 3. The number of piperidine rings is 1. The van der Waals surface area contributed by atoms with Crippen molar-refractivity contribution in [3.63, 3.8) is 0 Å². The van der Waals surface area contributed by atoms with Gasteiger partial charge in [0.1, 0.15) is 0 Å². The largest absolute Gasteiger partial charge is 0.371 e. The van der Waals surface area contributed by atoms with Gasteiger partial charge in [-0.15, -0.1) is 0 Å². The molecule has 0 radical (unpaired) electrons. The molecule has 6 heteroatoms. The molecule has 1 aliphatic rings. The van der Waals surface area contributed by atoms with Gasteiger partial charge in [-0.05, 0) is 74.9 Å². The second-order valence-electron chi connectivity index (χ2n) is 8.19. The lowest BCUT2D eigenvalue weighted by atomic mass is 10.1. The van der Waals surface area contributed by atoms with Crippen molar-refractivity contribution in [3.05, 3.63) is 53.6 Å². The highest BCUT2D eigenvalue weighted by Crippen LogP contribution is 2.27. The van der Waals surface area contributed by atoms with Crippen molar-refractivity contribution in [1.82, 2.24) is 5.32 Å². The molecule has 1 atom stereocenters. The minimum atomic E-state index is -0.330. The van der Waals surface area contributed by atoms with Crippen LogP contribution in [0.2, 0.25) is 0 Å². The lowest BCUT2D eigenvalue weighted by Gasteiger charge is -2.31. The van der Waals surface area contributed by atoms with E-state index >= 15 is 0 Å². The Morgan fingerprint density at radius 2 is 1.58 bits per heavy atom. The van der Waals surface area contributed by atoms with E-state index < -0.39 is 0 Å². The van der Waals surface area contributed by atoms with Crippen LogP contribution in [-0.4, -0.2) is 31.1 Å². The molecule has 0 bridgehead atoms. The molecule has 1 aliphatic heterocycles. The summed E-state index contributed by atoms with van der Waals surface area (Å²) < 4.78 is 0. The number of anilines is 3. The standard InChI is InChI=1S/C25H34N4O2/c1-4-18(3)26-24(30)22-17-21(13-14-23(22)29-15-7-6-8-16-29)28-25(31)27-20-11-9-19(5-2)10-12-20/h9-14,17-18H,4-8,15-16H2,1-3H3,(H,26,30)(H2,27,28,31). The second kappa shape index (κ2) is 10.8. The summed E-state index contributed by atoms with van der Waals surface area (Å²) >= 11 is 0. The SMILES string of the molecule is CCc1ccc(NC(=O)Nc2ccc(N3CCCCC3)c(C(=O)NC(C)CC)c2)cc1. The summed E-state index contributed by atoms with van der Waals surface area (Å²) in [5, 5.41) is 8.77. The number of aryl methyl sites for hydroxylation is 1. The summed E-state index contributed by atoms with van der Waals surface area (Å²) in [6.45, 7) is 8.04. The molecular weight excluding hydrogens is 388 g/mol. The molecule has 3 amide bonds.